The summed E-state index contributed by atoms with van der Waals surface area (Å²) in [6.07, 6.45) is 3.87. The van der Waals surface area contributed by atoms with Crippen molar-refractivity contribution in [2.75, 3.05) is 6.61 Å². The number of carbonyl (C=O) groups is 1. The third-order valence-electron chi connectivity index (χ3n) is 5.96. The Morgan fingerprint density at radius 3 is 1.97 bits per heavy atom. The molecule has 0 radical (unpaired) electrons. The van der Waals surface area contributed by atoms with Gasteiger partial charge in [-0.05, 0) is 41.1 Å². The predicted molar refractivity (Wildman–Crippen MR) is 121 cm³/mol. The molecule has 29 heavy (non-hydrogen) atoms. The van der Waals surface area contributed by atoms with Gasteiger partial charge < -0.3 is 9.16 Å². The molecule has 1 aliphatic heterocycles. The van der Waals surface area contributed by atoms with E-state index in [2.05, 4.69) is 81.4 Å². The Balaban J connectivity index is 1.73. The number of unbranched alkanes of at least 4 members (excludes halogenated alkanes) is 1. The maximum absolute atomic E-state index is 11.6. The molecule has 1 aliphatic rings. The molecule has 2 atom stereocenters. The van der Waals surface area contributed by atoms with E-state index in [1.165, 1.54) is 10.4 Å². The van der Waals surface area contributed by atoms with Crippen LogP contribution in [0.1, 0.15) is 53.4 Å². The first kappa shape index (κ1) is 21.8. The van der Waals surface area contributed by atoms with E-state index in [0.29, 0.717) is 0 Å². The fraction of sp³-hybridized carbons (Fsp3) is 0.480. The fourth-order valence-corrected chi connectivity index (χ4v) is 9.06. The highest BCUT2D eigenvalue weighted by atomic mass is 28.4. The Morgan fingerprint density at radius 2 is 1.52 bits per heavy atom. The molecule has 3 rings (SSSR count). The molecule has 0 aromatic heterocycles. The summed E-state index contributed by atoms with van der Waals surface area (Å²) in [7, 11) is -2.44. The molecule has 0 spiro atoms. The molecule has 2 aromatic rings. The first-order valence-electron chi connectivity index (χ1n) is 10.8. The van der Waals surface area contributed by atoms with Crippen molar-refractivity contribution in [3.8, 4) is 0 Å². The quantitative estimate of drug-likeness (QED) is 0.360. The molecule has 0 unspecified atom stereocenters. The third kappa shape index (κ3) is 4.81. The summed E-state index contributed by atoms with van der Waals surface area (Å²) in [5, 5.41) is 2.64. The Labute approximate surface area is 176 Å². The van der Waals surface area contributed by atoms with Gasteiger partial charge in [0, 0.05) is 6.61 Å². The number of hydrogen-bond acceptors (Lipinski definition) is 3. The van der Waals surface area contributed by atoms with Crippen LogP contribution in [0, 0.1) is 5.92 Å². The van der Waals surface area contributed by atoms with Crippen LogP contribution in [0.25, 0.3) is 0 Å². The second kappa shape index (κ2) is 9.27. The molecule has 0 aliphatic carbocycles. The van der Waals surface area contributed by atoms with Crippen molar-refractivity contribution in [3.63, 3.8) is 0 Å². The summed E-state index contributed by atoms with van der Waals surface area (Å²) >= 11 is 0. The van der Waals surface area contributed by atoms with E-state index >= 15 is 0 Å². The van der Waals surface area contributed by atoms with Crippen LogP contribution in [0.5, 0.6) is 0 Å². The van der Waals surface area contributed by atoms with Gasteiger partial charge in [0.25, 0.3) is 8.32 Å². The molecule has 0 amide bonds. The van der Waals surface area contributed by atoms with Crippen molar-refractivity contribution >= 4 is 24.7 Å². The minimum Gasteiger partial charge on any atom is -0.462 e. The van der Waals surface area contributed by atoms with Crippen LogP contribution < -0.4 is 10.4 Å². The molecule has 4 heteroatoms. The van der Waals surface area contributed by atoms with Gasteiger partial charge in [0.2, 0.25) is 0 Å². The summed E-state index contributed by atoms with van der Waals surface area (Å²) in [6, 6.07) is 21.5. The van der Waals surface area contributed by atoms with Crippen LogP contribution >= 0.6 is 0 Å². The molecular weight excluding hydrogens is 376 g/mol. The van der Waals surface area contributed by atoms with Gasteiger partial charge in [0.05, 0.1) is 5.92 Å². The zero-order valence-corrected chi connectivity index (χ0v) is 19.2. The molecule has 1 heterocycles. The van der Waals surface area contributed by atoms with Crippen molar-refractivity contribution in [1.82, 2.24) is 0 Å². The monoisotopic (exact) mass is 410 g/mol. The highest BCUT2D eigenvalue weighted by Gasteiger charge is 2.49. The molecular formula is C25H34O3Si. The summed E-state index contributed by atoms with van der Waals surface area (Å²) in [6.45, 7) is 9.59. The Bertz CT molecular complexity index is 743. The lowest BCUT2D eigenvalue weighted by Crippen LogP contribution is -2.66. The number of carbonyl (C=O) groups excluding carboxylic acids is 1. The third-order valence-corrected chi connectivity index (χ3v) is 11.0. The van der Waals surface area contributed by atoms with Crippen molar-refractivity contribution in [1.29, 1.82) is 0 Å². The lowest BCUT2D eigenvalue weighted by Gasteiger charge is -2.43. The van der Waals surface area contributed by atoms with E-state index in [1.807, 2.05) is 6.92 Å². The molecule has 3 nitrogen and oxygen atoms in total. The number of esters is 1. The van der Waals surface area contributed by atoms with Gasteiger partial charge in [-0.25, -0.2) is 0 Å². The second-order valence-electron chi connectivity index (χ2n) is 9.20. The summed E-state index contributed by atoms with van der Waals surface area (Å²) in [5.74, 6) is 0.00641. The normalized spacial score (nSPS) is 19.9. The van der Waals surface area contributed by atoms with Crippen molar-refractivity contribution < 1.29 is 14.0 Å². The highest BCUT2D eigenvalue weighted by Crippen LogP contribution is 2.37. The fourth-order valence-electron chi connectivity index (χ4n) is 4.46. The molecule has 0 N–H and O–H groups in total. The molecule has 0 bridgehead atoms. The average Bonchev–Trinajstić information content (AvgIpc) is 3.02. The van der Waals surface area contributed by atoms with E-state index in [9.17, 15) is 4.79 Å². The highest BCUT2D eigenvalue weighted by molar-refractivity contribution is 6.99. The average molecular weight is 411 g/mol. The van der Waals surface area contributed by atoms with Gasteiger partial charge in [-0.1, -0.05) is 88.4 Å². The van der Waals surface area contributed by atoms with Crippen LogP contribution in [0.3, 0.4) is 0 Å². The van der Waals surface area contributed by atoms with E-state index in [0.717, 1.165) is 32.3 Å². The van der Waals surface area contributed by atoms with E-state index in [1.54, 1.807) is 0 Å². The Morgan fingerprint density at radius 1 is 0.966 bits per heavy atom. The van der Waals surface area contributed by atoms with Crippen LogP contribution in [0.15, 0.2) is 60.7 Å². The number of hydrogen-bond donors (Lipinski definition) is 0. The van der Waals surface area contributed by atoms with Gasteiger partial charge in [-0.3, -0.25) is 4.79 Å². The first-order valence-corrected chi connectivity index (χ1v) is 12.7. The van der Waals surface area contributed by atoms with Crippen molar-refractivity contribution in [2.45, 2.75) is 64.5 Å². The lowest BCUT2D eigenvalue weighted by molar-refractivity contribution is -0.144. The van der Waals surface area contributed by atoms with E-state index in [-0.39, 0.29) is 23.0 Å². The van der Waals surface area contributed by atoms with Gasteiger partial charge in [0.1, 0.15) is 6.10 Å². The van der Waals surface area contributed by atoms with Gasteiger partial charge in [-0.15, -0.1) is 0 Å². The van der Waals surface area contributed by atoms with Crippen LogP contribution in [0.4, 0.5) is 0 Å². The lowest BCUT2D eigenvalue weighted by atomic mass is 10.0. The summed E-state index contributed by atoms with van der Waals surface area (Å²) in [4.78, 5) is 11.6. The largest absolute Gasteiger partial charge is 0.462 e. The Hall–Kier alpha value is -1.91. The van der Waals surface area contributed by atoms with Gasteiger partial charge in [0.15, 0.2) is 0 Å². The minimum atomic E-state index is -2.44. The topological polar surface area (TPSA) is 35.5 Å². The smallest absolute Gasteiger partial charge is 0.309 e. The molecule has 1 fully saturated rings. The maximum atomic E-state index is 11.6. The number of benzene rings is 2. The zero-order chi connectivity index (χ0) is 20.9. The minimum absolute atomic E-state index is 0.00607. The molecule has 2 aromatic carbocycles. The number of cyclic esters (lactones) is 1. The Kier molecular flexibility index (Phi) is 6.96. The first-order chi connectivity index (χ1) is 13.8. The molecule has 156 valence electrons. The van der Waals surface area contributed by atoms with E-state index < -0.39 is 8.32 Å². The summed E-state index contributed by atoms with van der Waals surface area (Å²) in [5.41, 5.74) is 0. The van der Waals surface area contributed by atoms with Crippen molar-refractivity contribution in [3.05, 3.63) is 60.7 Å². The standard InChI is InChI=1S/C25H34O3Si/c1-20-19-21(28-24(20)26)13-11-12-18-27-29(25(2,3)4,22-14-7-5-8-15-22)23-16-9-6-10-17-23/h5-10,14-17,20-21H,11-13,18-19H2,1-4H3/t20-,21+/m0/s1. The predicted octanol–water partition coefficient (Wildman–Crippen LogP) is 4.68. The second-order valence-corrected chi connectivity index (χ2v) is 13.5. The number of rotatable bonds is 8. The number of ether oxygens (including phenoxy) is 1. The van der Waals surface area contributed by atoms with Gasteiger partial charge >= 0.3 is 5.97 Å². The zero-order valence-electron chi connectivity index (χ0n) is 18.2. The van der Waals surface area contributed by atoms with Crippen LogP contribution in [0.2, 0.25) is 5.04 Å². The van der Waals surface area contributed by atoms with Crippen LogP contribution in [-0.2, 0) is 14.0 Å². The molecule has 0 saturated carbocycles. The maximum Gasteiger partial charge on any atom is 0.309 e. The summed E-state index contributed by atoms with van der Waals surface area (Å²) < 4.78 is 12.3. The van der Waals surface area contributed by atoms with E-state index in [4.69, 9.17) is 9.16 Å². The SMILES string of the molecule is C[C@H]1C[C@@H](CCCCO[Si](c2ccccc2)(c2ccccc2)C(C)(C)C)OC1=O. The van der Waals surface area contributed by atoms with Crippen molar-refractivity contribution in [2.24, 2.45) is 5.92 Å². The van der Waals surface area contributed by atoms with Gasteiger partial charge in [-0.2, -0.15) is 0 Å². The molecule has 1 saturated heterocycles. The van der Waals surface area contributed by atoms with Crippen LogP contribution in [-0.4, -0.2) is 27.0 Å².